The lowest BCUT2D eigenvalue weighted by Crippen LogP contribution is -2.63. The third-order valence-electron chi connectivity index (χ3n) is 9.95. The van der Waals surface area contributed by atoms with E-state index in [2.05, 4.69) is 15.9 Å². The van der Waals surface area contributed by atoms with Gasteiger partial charge in [-0.05, 0) is 73.2 Å². The number of sulfonamides is 1. The molecule has 5 aromatic rings. The van der Waals surface area contributed by atoms with Crippen molar-refractivity contribution in [2.24, 2.45) is 0 Å². The van der Waals surface area contributed by atoms with Gasteiger partial charge in [0, 0.05) is 29.2 Å². The first-order chi connectivity index (χ1) is 27.7. The molecule has 1 N–H and O–H groups in total. The number of aliphatic hydroxyl groups excluding tert-OH is 1. The highest BCUT2D eigenvalue weighted by Gasteiger charge is 2.47. The van der Waals surface area contributed by atoms with Crippen LogP contribution in [0.4, 0.5) is 10.5 Å². The molecule has 1 amide bonds. The van der Waals surface area contributed by atoms with Gasteiger partial charge in [0.25, 0.3) is 15.7 Å². The average Bonchev–Trinajstić information content (AvgIpc) is 3.21. The Hall–Kier alpha value is -5.18. The summed E-state index contributed by atoms with van der Waals surface area (Å²) in [6.07, 6.45) is 1.10. The van der Waals surface area contributed by atoms with Crippen LogP contribution in [0, 0.1) is 10.1 Å². The van der Waals surface area contributed by atoms with Crippen LogP contribution in [0.15, 0.2) is 154 Å². The quantitative estimate of drug-likeness (QED) is 0.0621. The Morgan fingerprint density at radius 3 is 1.86 bits per heavy atom. The number of benzene rings is 5. The second-order valence-electron chi connectivity index (χ2n) is 15.1. The number of hydrogen-bond donors (Lipinski definition) is 1. The molecule has 0 aromatic heterocycles. The van der Waals surface area contributed by atoms with Crippen LogP contribution in [0.2, 0.25) is 0 Å². The van der Waals surface area contributed by atoms with Crippen LogP contribution in [0.3, 0.4) is 0 Å². The zero-order chi connectivity index (χ0) is 41.5. The molecule has 5 aromatic carbocycles. The minimum atomic E-state index is -4.80. The topological polar surface area (TPSA) is 140 Å². The fourth-order valence-electron chi connectivity index (χ4n) is 7.23. The number of amides is 1. The minimum absolute atomic E-state index is 0.176. The monoisotopic (exact) mass is 867 g/mol. The maximum Gasteiger partial charge on any atom is 0.424 e. The molecule has 1 fully saturated rings. The molecular weight excluding hydrogens is 822 g/mol. The lowest BCUT2D eigenvalue weighted by molar-refractivity contribution is -0.387. The van der Waals surface area contributed by atoms with E-state index in [-0.39, 0.29) is 32.3 Å². The molecule has 0 aliphatic carbocycles. The second kappa shape index (κ2) is 18.2. The van der Waals surface area contributed by atoms with E-state index in [1.54, 1.807) is 20.8 Å². The lowest BCUT2D eigenvalue weighted by atomic mass is 9.80. The SMILES string of the molecule is CC(C)(C)OC(=O)N(C[C@@H]1C[C@@H](COC(c2ccccc2)(c2ccccc2)c2ccccc2)N1CC(=Cc1ccc(Br)cc1)CO)S(=O)(=O)c1ccccc1[N+](=O)[O-]. The van der Waals surface area contributed by atoms with E-state index >= 15 is 0 Å². The molecule has 0 spiro atoms. The van der Waals surface area contributed by atoms with Crippen LogP contribution in [-0.4, -0.2) is 77.7 Å². The number of ether oxygens (including phenoxy) is 2. The summed E-state index contributed by atoms with van der Waals surface area (Å²) in [4.78, 5) is 26.5. The van der Waals surface area contributed by atoms with Gasteiger partial charge in [-0.2, -0.15) is 4.31 Å². The van der Waals surface area contributed by atoms with Crippen LogP contribution in [0.5, 0.6) is 0 Å². The van der Waals surface area contributed by atoms with Gasteiger partial charge in [0.15, 0.2) is 4.90 Å². The third-order valence-corrected chi connectivity index (χ3v) is 12.3. The Morgan fingerprint density at radius 1 is 0.845 bits per heavy atom. The zero-order valence-corrected chi connectivity index (χ0v) is 34.9. The van der Waals surface area contributed by atoms with Crippen LogP contribution in [0.1, 0.15) is 49.4 Å². The van der Waals surface area contributed by atoms with E-state index in [1.165, 1.54) is 12.1 Å². The van der Waals surface area contributed by atoms with Gasteiger partial charge < -0.3 is 14.6 Å². The second-order valence-corrected chi connectivity index (χ2v) is 17.8. The van der Waals surface area contributed by atoms with E-state index < -0.39 is 48.9 Å². The lowest BCUT2D eigenvalue weighted by Gasteiger charge is -2.51. The minimum Gasteiger partial charge on any atom is -0.443 e. The normalized spacial score (nSPS) is 16.3. The summed E-state index contributed by atoms with van der Waals surface area (Å²) in [5.41, 5.74) is 1.45. The predicted molar refractivity (Wildman–Crippen MR) is 226 cm³/mol. The number of nitro groups is 1. The number of aliphatic hydroxyl groups is 1. The molecule has 0 bridgehead atoms. The van der Waals surface area contributed by atoms with Gasteiger partial charge in [-0.1, -0.05) is 137 Å². The summed E-state index contributed by atoms with van der Waals surface area (Å²) < 4.78 is 43.0. The molecule has 1 aliphatic heterocycles. The summed E-state index contributed by atoms with van der Waals surface area (Å²) in [6, 6.07) is 41.4. The van der Waals surface area contributed by atoms with E-state index in [4.69, 9.17) is 9.47 Å². The number of nitro benzene ring substituents is 1. The Morgan fingerprint density at radius 2 is 1.36 bits per heavy atom. The Kier molecular flexibility index (Phi) is 13.3. The van der Waals surface area contributed by atoms with Crippen molar-refractivity contribution in [1.29, 1.82) is 0 Å². The first kappa shape index (κ1) is 42.4. The molecular formula is C45H46BrN3O8S. The molecule has 302 valence electrons. The van der Waals surface area contributed by atoms with Gasteiger partial charge in [0.1, 0.15) is 11.2 Å². The maximum atomic E-state index is 14.3. The van der Waals surface area contributed by atoms with Gasteiger partial charge in [0.2, 0.25) is 0 Å². The molecule has 1 aliphatic rings. The standard InChI is InChI=1S/C45H46BrN3O8S/c1-44(2,3)57-43(51)48(58(54,55)42-22-14-13-21-41(42)49(52)53)30-39-28-40(47(39)29-34(31-50)27-33-23-25-38(46)26-24-33)32-56-45(35-15-7-4-8-16-35,36-17-9-5-10-18-36)37-19-11-6-12-20-37/h4-27,39-40,50H,28-32H2,1-3H3/t39-,40-/m0/s1. The average molecular weight is 869 g/mol. The van der Waals surface area contributed by atoms with Crippen LogP contribution in [-0.2, 0) is 25.1 Å². The summed E-state index contributed by atoms with van der Waals surface area (Å²) in [6.45, 7) is 4.55. The number of para-hydroxylation sites is 1. The van der Waals surface area contributed by atoms with E-state index in [0.29, 0.717) is 16.3 Å². The van der Waals surface area contributed by atoms with Crippen molar-refractivity contribution in [3.05, 3.63) is 182 Å². The number of nitrogens with zero attached hydrogens (tertiary/aromatic N) is 3. The molecule has 1 saturated heterocycles. The first-order valence-corrected chi connectivity index (χ1v) is 21.1. The first-order valence-electron chi connectivity index (χ1n) is 18.8. The van der Waals surface area contributed by atoms with Crippen molar-refractivity contribution in [1.82, 2.24) is 9.21 Å². The summed E-state index contributed by atoms with van der Waals surface area (Å²) in [5, 5.41) is 22.7. The summed E-state index contributed by atoms with van der Waals surface area (Å²) >= 11 is 3.47. The number of carbonyl (C=O) groups is 1. The molecule has 11 nitrogen and oxygen atoms in total. The summed E-state index contributed by atoms with van der Waals surface area (Å²) in [5.74, 6) is 0. The van der Waals surface area contributed by atoms with Crippen molar-refractivity contribution in [3.8, 4) is 0 Å². The van der Waals surface area contributed by atoms with Crippen molar-refractivity contribution >= 4 is 43.8 Å². The Bertz CT molecular complexity index is 2220. The van der Waals surface area contributed by atoms with Crippen LogP contribution < -0.4 is 0 Å². The van der Waals surface area contributed by atoms with Crippen molar-refractivity contribution < 1.29 is 32.7 Å². The zero-order valence-electron chi connectivity index (χ0n) is 32.5. The van der Waals surface area contributed by atoms with Gasteiger partial charge in [-0.25, -0.2) is 13.2 Å². The summed E-state index contributed by atoms with van der Waals surface area (Å²) in [7, 11) is -4.80. The molecule has 0 saturated carbocycles. The fourth-order valence-corrected chi connectivity index (χ4v) is 8.99. The van der Waals surface area contributed by atoms with E-state index in [9.17, 15) is 28.4 Å². The highest BCUT2D eigenvalue weighted by molar-refractivity contribution is 9.10. The molecule has 6 rings (SSSR count). The number of carbonyl (C=O) groups excluding carboxylic acids is 1. The van der Waals surface area contributed by atoms with Gasteiger partial charge in [-0.15, -0.1) is 0 Å². The van der Waals surface area contributed by atoms with Crippen LogP contribution in [0.25, 0.3) is 6.08 Å². The largest absolute Gasteiger partial charge is 0.443 e. The van der Waals surface area contributed by atoms with Crippen molar-refractivity contribution in [3.63, 3.8) is 0 Å². The molecule has 13 heteroatoms. The van der Waals surface area contributed by atoms with Crippen molar-refractivity contribution in [2.45, 2.75) is 55.4 Å². The Balaban J connectivity index is 1.40. The smallest absolute Gasteiger partial charge is 0.424 e. The molecule has 0 unspecified atom stereocenters. The van der Waals surface area contributed by atoms with Gasteiger partial charge in [0.05, 0.1) is 24.7 Å². The molecule has 2 atom stereocenters. The number of rotatable bonds is 15. The fraction of sp³-hybridized carbons (Fsp3) is 0.267. The van der Waals surface area contributed by atoms with E-state index in [1.807, 2.05) is 126 Å². The third kappa shape index (κ3) is 9.57. The maximum absolute atomic E-state index is 14.3. The predicted octanol–water partition coefficient (Wildman–Crippen LogP) is 8.81. The highest BCUT2D eigenvalue weighted by Crippen LogP contribution is 2.42. The molecule has 58 heavy (non-hydrogen) atoms. The highest BCUT2D eigenvalue weighted by atomic mass is 79.9. The molecule has 1 heterocycles. The number of likely N-dealkylation sites (tertiary alicyclic amines) is 1. The van der Waals surface area contributed by atoms with Crippen molar-refractivity contribution in [2.75, 3.05) is 26.3 Å². The van der Waals surface area contributed by atoms with E-state index in [0.717, 1.165) is 38.9 Å². The van der Waals surface area contributed by atoms with Gasteiger partial charge >= 0.3 is 6.09 Å². The Labute approximate surface area is 347 Å². The molecule has 0 radical (unpaired) electrons. The number of hydrogen-bond acceptors (Lipinski definition) is 9. The van der Waals surface area contributed by atoms with Crippen LogP contribution >= 0.6 is 15.9 Å². The number of halogens is 1. The van der Waals surface area contributed by atoms with Gasteiger partial charge in [-0.3, -0.25) is 15.0 Å².